The standard InChI is InChI=1S/C15H8N2O7/c1-24-15-10(17(22)23)6-9(16(20)21)11-12(15)14(19)8-5-3-2-4-7(8)13(11)18/h2-6H,1H3. The molecule has 120 valence electrons. The van der Waals surface area contributed by atoms with E-state index in [0.717, 1.165) is 7.11 Å². The van der Waals surface area contributed by atoms with E-state index in [0.29, 0.717) is 6.07 Å². The Morgan fingerprint density at radius 3 is 1.83 bits per heavy atom. The fourth-order valence-electron chi connectivity index (χ4n) is 2.72. The van der Waals surface area contributed by atoms with Crippen molar-refractivity contribution in [1.29, 1.82) is 0 Å². The highest BCUT2D eigenvalue weighted by Gasteiger charge is 2.42. The maximum absolute atomic E-state index is 12.7. The summed E-state index contributed by atoms with van der Waals surface area (Å²) in [5.41, 5.74) is -2.47. The molecule has 0 heterocycles. The Kier molecular flexibility index (Phi) is 3.33. The highest BCUT2D eigenvalue weighted by Crippen LogP contribution is 2.43. The van der Waals surface area contributed by atoms with Crippen molar-refractivity contribution in [3.05, 3.63) is 72.8 Å². The van der Waals surface area contributed by atoms with E-state index in [-0.39, 0.29) is 11.1 Å². The van der Waals surface area contributed by atoms with Crippen molar-refractivity contribution < 1.29 is 24.2 Å². The minimum atomic E-state index is -0.926. The molecule has 9 heteroatoms. The molecule has 0 aromatic heterocycles. The number of nitro groups is 2. The van der Waals surface area contributed by atoms with Gasteiger partial charge in [0.25, 0.3) is 5.69 Å². The normalized spacial score (nSPS) is 12.4. The van der Waals surface area contributed by atoms with Crippen molar-refractivity contribution in [2.24, 2.45) is 0 Å². The molecule has 3 rings (SSSR count). The highest BCUT2D eigenvalue weighted by atomic mass is 16.6. The van der Waals surface area contributed by atoms with E-state index in [1.807, 2.05) is 0 Å². The van der Waals surface area contributed by atoms with Gasteiger partial charge in [-0.3, -0.25) is 29.8 Å². The average molecular weight is 328 g/mol. The van der Waals surface area contributed by atoms with E-state index < -0.39 is 49.7 Å². The first-order valence-electron chi connectivity index (χ1n) is 6.60. The Morgan fingerprint density at radius 1 is 0.875 bits per heavy atom. The van der Waals surface area contributed by atoms with Crippen LogP contribution in [-0.2, 0) is 0 Å². The first kappa shape index (κ1) is 15.3. The van der Waals surface area contributed by atoms with Crippen LogP contribution in [0.25, 0.3) is 0 Å². The van der Waals surface area contributed by atoms with E-state index in [2.05, 4.69) is 0 Å². The number of hydrogen-bond donors (Lipinski definition) is 0. The van der Waals surface area contributed by atoms with Gasteiger partial charge in [-0.2, -0.15) is 0 Å². The van der Waals surface area contributed by atoms with Gasteiger partial charge in [0.05, 0.1) is 28.6 Å². The third-order valence-corrected chi connectivity index (χ3v) is 3.71. The Hall–Kier alpha value is -3.62. The van der Waals surface area contributed by atoms with Crippen LogP contribution in [0.2, 0.25) is 0 Å². The Balaban J connectivity index is 2.48. The minimum absolute atomic E-state index is 0.00834. The summed E-state index contributed by atoms with van der Waals surface area (Å²) in [7, 11) is 1.09. The molecule has 2 aromatic carbocycles. The van der Waals surface area contributed by atoms with Gasteiger partial charge in [0, 0.05) is 11.1 Å². The van der Waals surface area contributed by atoms with E-state index in [4.69, 9.17) is 4.74 Å². The molecule has 2 aromatic rings. The Labute approximate surface area is 133 Å². The number of nitrogens with zero attached hydrogens (tertiary/aromatic N) is 2. The number of hydrogen-bond acceptors (Lipinski definition) is 7. The zero-order valence-electron chi connectivity index (χ0n) is 12.1. The minimum Gasteiger partial charge on any atom is -0.490 e. The summed E-state index contributed by atoms with van der Waals surface area (Å²) in [6.45, 7) is 0. The molecular weight excluding hydrogens is 320 g/mol. The number of rotatable bonds is 3. The molecule has 0 radical (unpaired) electrons. The molecule has 0 unspecified atom stereocenters. The number of nitro benzene ring substituents is 2. The predicted octanol–water partition coefficient (Wildman–Crippen LogP) is 2.29. The fourth-order valence-corrected chi connectivity index (χ4v) is 2.72. The topological polar surface area (TPSA) is 130 Å². The number of fused-ring (bicyclic) bond motifs is 2. The number of ketones is 2. The number of carbonyl (C=O) groups is 2. The van der Waals surface area contributed by atoms with Crippen LogP contribution >= 0.6 is 0 Å². The van der Waals surface area contributed by atoms with Gasteiger partial charge in [-0.25, -0.2) is 0 Å². The summed E-state index contributed by atoms with van der Waals surface area (Å²) in [5, 5.41) is 22.5. The largest absolute Gasteiger partial charge is 0.490 e. The summed E-state index contributed by atoms with van der Waals surface area (Å²) in [6, 6.07) is 6.42. The van der Waals surface area contributed by atoms with Crippen LogP contribution in [0.3, 0.4) is 0 Å². The molecule has 9 nitrogen and oxygen atoms in total. The summed E-state index contributed by atoms with van der Waals surface area (Å²) >= 11 is 0. The lowest BCUT2D eigenvalue weighted by atomic mass is 9.82. The molecule has 0 N–H and O–H groups in total. The molecule has 0 fully saturated rings. The van der Waals surface area contributed by atoms with Crippen LogP contribution in [0.15, 0.2) is 30.3 Å². The lowest BCUT2D eigenvalue weighted by Crippen LogP contribution is -2.23. The van der Waals surface area contributed by atoms with Gasteiger partial charge < -0.3 is 4.74 Å². The quantitative estimate of drug-likeness (QED) is 0.532. The molecule has 0 saturated heterocycles. The second-order valence-electron chi connectivity index (χ2n) is 4.92. The van der Waals surface area contributed by atoms with Crippen molar-refractivity contribution in [2.75, 3.05) is 7.11 Å². The van der Waals surface area contributed by atoms with Crippen LogP contribution in [0.5, 0.6) is 5.75 Å². The van der Waals surface area contributed by atoms with Gasteiger partial charge in [-0.15, -0.1) is 0 Å². The molecule has 0 atom stereocenters. The van der Waals surface area contributed by atoms with Crippen molar-refractivity contribution in [3.63, 3.8) is 0 Å². The van der Waals surface area contributed by atoms with Crippen molar-refractivity contribution in [3.8, 4) is 5.75 Å². The zero-order valence-corrected chi connectivity index (χ0v) is 12.1. The zero-order chi connectivity index (χ0) is 17.6. The molecule has 1 aliphatic carbocycles. The molecule has 0 aliphatic heterocycles. The second kappa shape index (κ2) is 5.23. The molecule has 0 spiro atoms. The first-order chi connectivity index (χ1) is 11.4. The summed E-state index contributed by atoms with van der Waals surface area (Å²) in [5.74, 6) is -1.95. The number of methoxy groups -OCH3 is 1. The highest BCUT2D eigenvalue weighted by molar-refractivity contribution is 6.31. The van der Waals surface area contributed by atoms with Gasteiger partial charge in [0.1, 0.15) is 5.56 Å². The monoisotopic (exact) mass is 328 g/mol. The van der Waals surface area contributed by atoms with E-state index >= 15 is 0 Å². The molecular formula is C15H8N2O7. The van der Waals surface area contributed by atoms with E-state index in [1.165, 1.54) is 24.3 Å². The third-order valence-electron chi connectivity index (χ3n) is 3.71. The Bertz CT molecular complexity index is 949. The van der Waals surface area contributed by atoms with Crippen molar-refractivity contribution in [1.82, 2.24) is 0 Å². The lowest BCUT2D eigenvalue weighted by molar-refractivity contribution is -0.394. The van der Waals surface area contributed by atoms with Crippen LogP contribution in [0, 0.1) is 20.2 Å². The van der Waals surface area contributed by atoms with Gasteiger partial charge in [-0.05, 0) is 0 Å². The Morgan fingerprint density at radius 2 is 1.38 bits per heavy atom. The van der Waals surface area contributed by atoms with E-state index in [9.17, 15) is 29.8 Å². The van der Waals surface area contributed by atoms with Crippen LogP contribution in [-0.4, -0.2) is 28.5 Å². The van der Waals surface area contributed by atoms with Gasteiger partial charge in [0.2, 0.25) is 11.5 Å². The molecule has 0 bridgehead atoms. The van der Waals surface area contributed by atoms with E-state index in [1.54, 1.807) is 0 Å². The smallest absolute Gasteiger partial charge is 0.318 e. The molecule has 24 heavy (non-hydrogen) atoms. The average Bonchev–Trinajstić information content (AvgIpc) is 2.57. The number of benzene rings is 2. The van der Waals surface area contributed by atoms with Crippen molar-refractivity contribution in [2.45, 2.75) is 0 Å². The maximum Gasteiger partial charge on any atom is 0.318 e. The lowest BCUT2D eigenvalue weighted by Gasteiger charge is -2.19. The third kappa shape index (κ3) is 1.95. The summed E-state index contributed by atoms with van der Waals surface area (Å²) in [6.07, 6.45) is 0. The summed E-state index contributed by atoms with van der Waals surface area (Å²) in [4.78, 5) is 46.0. The molecule has 1 aliphatic rings. The molecule has 0 amide bonds. The number of ether oxygens (including phenoxy) is 1. The molecule has 0 saturated carbocycles. The van der Waals surface area contributed by atoms with Crippen LogP contribution in [0.4, 0.5) is 11.4 Å². The van der Waals surface area contributed by atoms with Crippen LogP contribution < -0.4 is 4.74 Å². The van der Waals surface area contributed by atoms with Gasteiger partial charge in [0.15, 0.2) is 5.78 Å². The fraction of sp³-hybridized carbons (Fsp3) is 0.0667. The predicted molar refractivity (Wildman–Crippen MR) is 79.6 cm³/mol. The first-order valence-corrected chi connectivity index (χ1v) is 6.60. The second-order valence-corrected chi connectivity index (χ2v) is 4.92. The summed E-state index contributed by atoms with van der Waals surface area (Å²) < 4.78 is 4.94. The van der Waals surface area contributed by atoms with Crippen LogP contribution in [0.1, 0.15) is 31.8 Å². The SMILES string of the molecule is COc1c([N+](=O)[O-])cc([N+](=O)[O-])c2c1C(=O)c1ccccc1C2=O. The van der Waals surface area contributed by atoms with Gasteiger partial charge in [-0.1, -0.05) is 24.3 Å². The van der Waals surface area contributed by atoms with Crippen molar-refractivity contribution >= 4 is 22.9 Å². The number of carbonyl (C=O) groups excluding carboxylic acids is 2. The van der Waals surface area contributed by atoms with Gasteiger partial charge >= 0.3 is 5.69 Å². The maximum atomic E-state index is 12.7.